The summed E-state index contributed by atoms with van der Waals surface area (Å²) in [5.74, 6) is 0.135. The normalized spacial score (nSPS) is 21.4. The van der Waals surface area contributed by atoms with Gasteiger partial charge in [-0.25, -0.2) is 26.3 Å². The van der Waals surface area contributed by atoms with Crippen molar-refractivity contribution < 1.29 is 21.9 Å². The maximum atomic E-state index is 11.5. The molecule has 0 aromatic rings. The second kappa shape index (κ2) is 8.21. The predicted molar refractivity (Wildman–Crippen MR) is 100 cm³/mol. The molecule has 2 rings (SSSR count). The van der Waals surface area contributed by atoms with Gasteiger partial charge in [-0.2, -0.15) is 0 Å². The van der Waals surface area contributed by atoms with Gasteiger partial charge < -0.3 is 5.11 Å². The van der Waals surface area contributed by atoms with Crippen LogP contribution in [0.1, 0.15) is 66.7 Å². The zero-order valence-electron chi connectivity index (χ0n) is 16.0. The Bertz CT molecular complexity index is 633. The van der Waals surface area contributed by atoms with E-state index in [1.165, 1.54) is 6.42 Å². The Morgan fingerprint density at radius 1 is 0.840 bits per heavy atom. The molecule has 7 nitrogen and oxygen atoms in total. The molecule has 2 fully saturated rings. The van der Waals surface area contributed by atoms with Crippen LogP contribution in [-0.4, -0.2) is 51.1 Å². The highest BCUT2D eigenvalue weighted by molar-refractivity contribution is 7.89. The highest BCUT2D eigenvalue weighted by Gasteiger charge is 2.44. The van der Waals surface area contributed by atoms with E-state index in [0.717, 1.165) is 12.8 Å². The van der Waals surface area contributed by atoms with Crippen LogP contribution in [0.15, 0.2) is 0 Å². The Labute approximate surface area is 153 Å². The van der Waals surface area contributed by atoms with E-state index in [9.17, 15) is 21.9 Å². The number of sulfonamides is 2. The Morgan fingerprint density at radius 3 is 1.52 bits per heavy atom. The van der Waals surface area contributed by atoms with Crippen molar-refractivity contribution in [2.45, 2.75) is 84.4 Å². The van der Waals surface area contributed by atoms with Gasteiger partial charge >= 0.3 is 0 Å². The van der Waals surface area contributed by atoms with E-state index in [-0.39, 0.29) is 29.0 Å². The minimum atomic E-state index is -3.28. The first-order valence-electron chi connectivity index (χ1n) is 8.88. The van der Waals surface area contributed by atoms with Crippen molar-refractivity contribution in [2.75, 3.05) is 11.5 Å². The molecule has 2 saturated carbocycles. The third-order valence-corrected chi connectivity index (χ3v) is 7.87. The van der Waals surface area contributed by atoms with Crippen molar-refractivity contribution in [3.8, 4) is 0 Å². The Balaban J connectivity index is 0.000000251. The molecule has 0 spiro atoms. The van der Waals surface area contributed by atoms with E-state index in [1.54, 1.807) is 13.8 Å². The van der Waals surface area contributed by atoms with Crippen LogP contribution >= 0.6 is 0 Å². The molecule has 2 aliphatic rings. The van der Waals surface area contributed by atoms with Crippen LogP contribution in [0.3, 0.4) is 0 Å². The summed E-state index contributed by atoms with van der Waals surface area (Å²) in [5, 5.41) is 9.36. The van der Waals surface area contributed by atoms with E-state index >= 15 is 0 Å². The standard InChI is InChI=1S/C9H19NO2S.C7H15NO3S/c1-8(2)10-13(11,12)7-9(3)5-4-6-9;1-6(2)8-12(10,11)5-7(9)3-4-7/h8,10H,4-7H2,1-3H3;6,8-9H,3-5H2,1-2H3. The summed E-state index contributed by atoms with van der Waals surface area (Å²) in [6.45, 7) is 9.26. The molecule has 0 aromatic heterocycles. The topological polar surface area (TPSA) is 113 Å². The van der Waals surface area contributed by atoms with Crippen LogP contribution in [0.5, 0.6) is 0 Å². The van der Waals surface area contributed by atoms with E-state index in [0.29, 0.717) is 12.8 Å². The second-order valence-electron chi connectivity index (χ2n) is 8.45. The van der Waals surface area contributed by atoms with Crippen LogP contribution in [0.2, 0.25) is 0 Å². The first-order valence-corrected chi connectivity index (χ1v) is 12.2. The lowest BCUT2D eigenvalue weighted by molar-refractivity contribution is 0.174. The first kappa shape index (κ1) is 22.8. The van der Waals surface area contributed by atoms with Gasteiger partial charge in [0.1, 0.15) is 0 Å². The van der Waals surface area contributed by atoms with Crippen molar-refractivity contribution in [1.82, 2.24) is 9.44 Å². The quantitative estimate of drug-likeness (QED) is 0.571. The molecule has 0 atom stereocenters. The third kappa shape index (κ3) is 9.33. The monoisotopic (exact) mass is 398 g/mol. The van der Waals surface area contributed by atoms with Gasteiger partial charge in [0, 0.05) is 12.1 Å². The maximum Gasteiger partial charge on any atom is 0.214 e. The average Bonchev–Trinajstić information content (AvgIpc) is 2.99. The molecule has 0 aromatic carbocycles. The van der Waals surface area contributed by atoms with Crippen LogP contribution in [0.25, 0.3) is 0 Å². The molecular weight excluding hydrogens is 364 g/mol. The van der Waals surface area contributed by atoms with Crippen LogP contribution in [0, 0.1) is 5.41 Å². The van der Waals surface area contributed by atoms with Gasteiger partial charge in [0.2, 0.25) is 20.0 Å². The van der Waals surface area contributed by atoms with E-state index in [1.807, 2.05) is 13.8 Å². The average molecular weight is 399 g/mol. The smallest absolute Gasteiger partial charge is 0.214 e. The lowest BCUT2D eigenvalue weighted by Gasteiger charge is -2.38. The predicted octanol–water partition coefficient (Wildman–Crippen LogP) is 1.34. The molecule has 25 heavy (non-hydrogen) atoms. The zero-order chi connectivity index (χ0) is 19.5. The van der Waals surface area contributed by atoms with Crippen molar-refractivity contribution in [3.05, 3.63) is 0 Å². The van der Waals surface area contributed by atoms with Gasteiger partial charge in [-0.15, -0.1) is 0 Å². The fourth-order valence-electron chi connectivity index (χ4n) is 2.83. The molecule has 9 heteroatoms. The van der Waals surface area contributed by atoms with Crippen LogP contribution in [-0.2, 0) is 20.0 Å². The first-order chi connectivity index (χ1) is 11.2. The van der Waals surface area contributed by atoms with Crippen molar-refractivity contribution in [3.63, 3.8) is 0 Å². The molecule has 0 unspecified atom stereocenters. The van der Waals surface area contributed by atoms with Crippen molar-refractivity contribution in [2.24, 2.45) is 5.41 Å². The van der Waals surface area contributed by atoms with Crippen LogP contribution in [0.4, 0.5) is 0 Å². The Morgan fingerprint density at radius 2 is 1.24 bits per heavy atom. The van der Waals surface area contributed by atoms with Crippen LogP contribution < -0.4 is 9.44 Å². The summed E-state index contributed by atoms with van der Waals surface area (Å²) in [6.07, 6.45) is 4.48. The molecule has 3 N–H and O–H groups in total. The summed E-state index contributed by atoms with van der Waals surface area (Å²) in [6, 6.07) is -0.0916. The van der Waals surface area contributed by atoms with Gasteiger partial charge in [0.05, 0.1) is 17.1 Å². The van der Waals surface area contributed by atoms with Gasteiger partial charge in [0.15, 0.2) is 0 Å². The van der Waals surface area contributed by atoms with Gasteiger partial charge in [-0.1, -0.05) is 13.3 Å². The second-order valence-corrected chi connectivity index (χ2v) is 12.0. The lowest BCUT2D eigenvalue weighted by Crippen LogP contribution is -2.41. The fraction of sp³-hybridized carbons (Fsp3) is 1.00. The molecule has 0 saturated heterocycles. The molecule has 0 bridgehead atoms. The van der Waals surface area contributed by atoms with E-state index in [2.05, 4.69) is 16.4 Å². The van der Waals surface area contributed by atoms with E-state index in [4.69, 9.17) is 0 Å². The summed E-state index contributed by atoms with van der Waals surface area (Å²) >= 11 is 0. The minimum absolute atomic E-state index is 0.00803. The molecule has 0 amide bonds. The third-order valence-electron chi connectivity index (χ3n) is 4.22. The Kier molecular flexibility index (Phi) is 7.49. The molecule has 150 valence electrons. The molecule has 0 aliphatic heterocycles. The molecule has 0 heterocycles. The summed E-state index contributed by atoms with van der Waals surface area (Å²) in [7, 11) is -6.33. The largest absolute Gasteiger partial charge is 0.389 e. The number of aliphatic hydroxyl groups is 1. The Hall–Kier alpha value is -0.220. The minimum Gasteiger partial charge on any atom is -0.389 e. The number of hydrogen-bond donors (Lipinski definition) is 3. The molecule has 2 aliphatic carbocycles. The van der Waals surface area contributed by atoms with Gasteiger partial charge in [-0.05, 0) is 58.8 Å². The highest BCUT2D eigenvalue weighted by Crippen LogP contribution is 2.41. The zero-order valence-corrected chi connectivity index (χ0v) is 17.6. The number of hydrogen-bond acceptors (Lipinski definition) is 5. The SMILES string of the molecule is CC(C)NS(=O)(=O)CC1(C)CCC1.CC(C)NS(=O)(=O)CC1(O)CC1. The summed E-state index contributed by atoms with van der Waals surface area (Å²) in [5.41, 5.74) is -0.887. The lowest BCUT2D eigenvalue weighted by atomic mass is 9.72. The molecular formula is C16H34N2O5S2. The summed E-state index contributed by atoms with van der Waals surface area (Å²) in [4.78, 5) is 0. The van der Waals surface area contributed by atoms with Gasteiger partial charge in [0.25, 0.3) is 0 Å². The number of rotatable bonds is 8. The maximum absolute atomic E-state index is 11.5. The van der Waals surface area contributed by atoms with Crippen molar-refractivity contribution in [1.29, 1.82) is 0 Å². The molecule has 0 radical (unpaired) electrons. The van der Waals surface area contributed by atoms with E-state index < -0.39 is 25.6 Å². The fourth-order valence-corrected chi connectivity index (χ4v) is 6.63. The highest BCUT2D eigenvalue weighted by atomic mass is 32.2. The van der Waals surface area contributed by atoms with Crippen molar-refractivity contribution >= 4 is 20.0 Å². The summed E-state index contributed by atoms with van der Waals surface area (Å²) < 4.78 is 50.6. The number of nitrogens with one attached hydrogen (secondary N) is 2. The van der Waals surface area contributed by atoms with Gasteiger partial charge in [-0.3, -0.25) is 0 Å².